The minimum Gasteiger partial charge on any atom is -0.501 e. The van der Waals surface area contributed by atoms with E-state index in [1.165, 1.54) is 12.3 Å². The molecule has 0 rings (SSSR count). The van der Waals surface area contributed by atoms with Crippen molar-refractivity contribution in [2.75, 3.05) is 6.61 Å². The third-order valence-electron chi connectivity index (χ3n) is 1.81. The Bertz CT molecular complexity index is 175. The summed E-state index contributed by atoms with van der Waals surface area (Å²) in [5, 5.41) is 0. The summed E-state index contributed by atoms with van der Waals surface area (Å²) in [6, 6.07) is 0. The number of hydrogen-bond donors (Lipinski definition) is 0. The van der Waals surface area contributed by atoms with Crippen LogP contribution in [0.2, 0.25) is 0 Å². The Balaban J connectivity index is 3.50. The normalized spacial score (nSPS) is 12.8. The zero-order chi connectivity index (χ0) is 10.8. The molecule has 3 nitrogen and oxygen atoms in total. The van der Waals surface area contributed by atoms with Gasteiger partial charge in [-0.05, 0) is 19.8 Å². The van der Waals surface area contributed by atoms with Gasteiger partial charge in [-0.15, -0.1) is 0 Å². The molecule has 0 aliphatic rings. The standard InChI is InChI=1S/C11H20O3/c1-4-6-8-13-9-7-11(12)14-10(3)5-2/h7,9-10H,4-6,8H2,1-3H3. The monoisotopic (exact) mass is 200 g/mol. The Labute approximate surface area is 86.1 Å². The van der Waals surface area contributed by atoms with Crippen molar-refractivity contribution in [1.29, 1.82) is 0 Å². The second-order valence-corrected chi connectivity index (χ2v) is 3.18. The van der Waals surface area contributed by atoms with Crippen molar-refractivity contribution < 1.29 is 14.3 Å². The Kier molecular flexibility index (Phi) is 7.99. The molecule has 0 saturated heterocycles. The highest BCUT2D eigenvalue weighted by atomic mass is 16.5. The number of carbonyl (C=O) groups excluding carboxylic acids is 1. The van der Waals surface area contributed by atoms with Gasteiger partial charge in [0.2, 0.25) is 0 Å². The van der Waals surface area contributed by atoms with E-state index in [0.29, 0.717) is 6.61 Å². The third-order valence-corrected chi connectivity index (χ3v) is 1.81. The third kappa shape index (κ3) is 7.65. The molecule has 0 spiro atoms. The second-order valence-electron chi connectivity index (χ2n) is 3.18. The number of unbranched alkanes of at least 4 members (excludes halogenated alkanes) is 1. The summed E-state index contributed by atoms with van der Waals surface area (Å²) in [5.41, 5.74) is 0. The predicted octanol–water partition coefficient (Wildman–Crippen LogP) is 2.66. The minimum atomic E-state index is -0.337. The van der Waals surface area contributed by atoms with Gasteiger partial charge in [-0.25, -0.2) is 4.79 Å². The van der Waals surface area contributed by atoms with Crippen molar-refractivity contribution in [3.63, 3.8) is 0 Å². The summed E-state index contributed by atoms with van der Waals surface area (Å²) in [7, 11) is 0. The summed E-state index contributed by atoms with van der Waals surface area (Å²) in [6.45, 7) is 6.58. The lowest BCUT2D eigenvalue weighted by Crippen LogP contribution is -2.11. The fourth-order valence-corrected chi connectivity index (χ4v) is 0.720. The zero-order valence-corrected chi connectivity index (χ0v) is 9.29. The van der Waals surface area contributed by atoms with Gasteiger partial charge in [0.15, 0.2) is 0 Å². The minimum absolute atomic E-state index is 0.0252. The predicted molar refractivity (Wildman–Crippen MR) is 55.8 cm³/mol. The van der Waals surface area contributed by atoms with Crippen molar-refractivity contribution in [3.05, 3.63) is 12.3 Å². The lowest BCUT2D eigenvalue weighted by atomic mass is 10.3. The van der Waals surface area contributed by atoms with Crippen molar-refractivity contribution in [3.8, 4) is 0 Å². The van der Waals surface area contributed by atoms with Gasteiger partial charge in [0.25, 0.3) is 0 Å². The maximum absolute atomic E-state index is 11.1. The van der Waals surface area contributed by atoms with Gasteiger partial charge < -0.3 is 9.47 Å². The molecule has 1 unspecified atom stereocenters. The average molecular weight is 200 g/mol. The van der Waals surface area contributed by atoms with Crippen LogP contribution in [0.1, 0.15) is 40.0 Å². The smallest absolute Gasteiger partial charge is 0.334 e. The molecule has 0 fully saturated rings. The van der Waals surface area contributed by atoms with Crippen LogP contribution in [0.4, 0.5) is 0 Å². The highest BCUT2D eigenvalue weighted by molar-refractivity contribution is 5.81. The molecule has 14 heavy (non-hydrogen) atoms. The first kappa shape index (κ1) is 13.0. The average Bonchev–Trinajstić information content (AvgIpc) is 2.17. The van der Waals surface area contributed by atoms with E-state index >= 15 is 0 Å². The van der Waals surface area contributed by atoms with Gasteiger partial charge in [0.05, 0.1) is 25.0 Å². The van der Waals surface area contributed by atoms with Gasteiger partial charge in [-0.1, -0.05) is 20.3 Å². The quantitative estimate of drug-likeness (QED) is 0.274. The maximum atomic E-state index is 11.1. The van der Waals surface area contributed by atoms with Crippen LogP contribution >= 0.6 is 0 Å². The number of ether oxygens (including phenoxy) is 2. The van der Waals surface area contributed by atoms with Crippen molar-refractivity contribution >= 4 is 5.97 Å². The Morgan fingerprint density at radius 2 is 2.14 bits per heavy atom. The summed E-state index contributed by atoms with van der Waals surface area (Å²) < 4.78 is 10.1. The molecule has 0 aliphatic heterocycles. The molecule has 0 radical (unpaired) electrons. The lowest BCUT2D eigenvalue weighted by Gasteiger charge is -2.07. The van der Waals surface area contributed by atoms with E-state index in [9.17, 15) is 4.79 Å². The van der Waals surface area contributed by atoms with E-state index in [2.05, 4.69) is 6.92 Å². The summed E-state index contributed by atoms with van der Waals surface area (Å²) in [5.74, 6) is -0.337. The topological polar surface area (TPSA) is 35.5 Å². The van der Waals surface area contributed by atoms with Gasteiger partial charge in [-0.2, -0.15) is 0 Å². The zero-order valence-electron chi connectivity index (χ0n) is 9.29. The lowest BCUT2D eigenvalue weighted by molar-refractivity contribution is -0.142. The van der Waals surface area contributed by atoms with Crippen LogP contribution < -0.4 is 0 Å². The molecule has 0 aromatic rings. The number of esters is 1. The number of carbonyl (C=O) groups is 1. The molecule has 1 atom stereocenters. The highest BCUT2D eigenvalue weighted by Gasteiger charge is 2.02. The first-order valence-electron chi connectivity index (χ1n) is 5.19. The summed E-state index contributed by atoms with van der Waals surface area (Å²) in [4.78, 5) is 11.1. The molecule has 0 saturated carbocycles. The molecule has 0 heterocycles. The maximum Gasteiger partial charge on any atom is 0.334 e. The van der Waals surface area contributed by atoms with Gasteiger partial charge in [0.1, 0.15) is 0 Å². The van der Waals surface area contributed by atoms with E-state index in [4.69, 9.17) is 9.47 Å². The molecular weight excluding hydrogens is 180 g/mol. The Morgan fingerprint density at radius 1 is 1.43 bits per heavy atom. The van der Waals surface area contributed by atoms with Crippen molar-refractivity contribution in [2.24, 2.45) is 0 Å². The molecular formula is C11H20O3. The van der Waals surface area contributed by atoms with Gasteiger partial charge >= 0.3 is 5.97 Å². The fourth-order valence-electron chi connectivity index (χ4n) is 0.720. The van der Waals surface area contributed by atoms with Crippen LogP contribution in [0, 0.1) is 0 Å². The molecule has 0 amide bonds. The van der Waals surface area contributed by atoms with Crippen molar-refractivity contribution in [1.82, 2.24) is 0 Å². The Morgan fingerprint density at radius 3 is 2.71 bits per heavy atom. The number of hydrogen-bond acceptors (Lipinski definition) is 3. The highest BCUT2D eigenvalue weighted by Crippen LogP contribution is 1.97. The summed E-state index contributed by atoms with van der Waals surface area (Å²) in [6.07, 6.45) is 5.62. The van der Waals surface area contributed by atoms with Crippen LogP contribution in [0.25, 0.3) is 0 Å². The molecule has 82 valence electrons. The van der Waals surface area contributed by atoms with Gasteiger partial charge in [-0.3, -0.25) is 0 Å². The van der Waals surface area contributed by atoms with Crippen LogP contribution in [0.3, 0.4) is 0 Å². The van der Waals surface area contributed by atoms with Gasteiger partial charge in [0, 0.05) is 0 Å². The second kappa shape index (κ2) is 8.60. The van der Waals surface area contributed by atoms with E-state index in [1.807, 2.05) is 13.8 Å². The molecule has 0 aromatic carbocycles. The van der Waals surface area contributed by atoms with Crippen LogP contribution in [-0.4, -0.2) is 18.7 Å². The molecule has 0 N–H and O–H groups in total. The number of rotatable bonds is 7. The van der Waals surface area contributed by atoms with E-state index in [-0.39, 0.29) is 12.1 Å². The van der Waals surface area contributed by atoms with Crippen LogP contribution in [0.15, 0.2) is 12.3 Å². The van der Waals surface area contributed by atoms with Crippen molar-refractivity contribution in [2.45, 2.75) is 46.1 Å². The first-order chi connectivity index (χ1) is 6.70. The van der Waals surface area contributed by atoms with Crippen LogP contribution in [0.5, 0.6) is 0 Å². The summed E-state index contributed by atoms with van der Waals surface area (Å²) >= 11 is 0. The molecule has 3 heteroatoms. The Hall–Kier alpha value is -0.990. The van der Waals surface area contributed by atoms with E-state index in [0.717, 1.165) is 19.3 Å². The van der Waals surface area contributed by atoms with Crippen LogP contribution in [-0.2, 0) is 14.3 Å². The molecule has 0 aliphatic carbocycles. The van der Waals surface area contributed by atoms with E-state index in [1.54, 1.807) is 0 Å². The molecule has 0 bridgehead atoms. The first-order valence-corrected chi connectivity index (χ1v) is 5.19. The molecule has 0 aromatic heterocycles. The SMILES string of the molecule is CCCCOC=CC(=O)OC(C)CC. The fraction of sp³-hybridized carbons (Fsp3) is 0.727. The largest absolute Gasteiger partial charge is 0.501 e. The van der Waals surface area contributed by atoms with E-state index < -0.39 is 0 Å².